The van der Waals surface area contributed by atoms with Crippen molar-refractivity contribution in [3.05, 3.63) is 77.9 Å². The van der Waals surface area contributed by atoms with Gasteiger partial charge >= 0.3 is 0 Å². The Hall–Kier alpha value is -2.92. The standard InChI is InChI=1S/C22H19N3OS/c1-15-7-9-17(10-8-15)21-23-24-22(25(21)2)27-14-20(26)19-12-11-16-5-3-4-6-18(16)13-19/h3-13H,14H2,1-2H3. The van der Waals surface area contributed by atoms with E-state index in [1.807, 2.05) is 66.2 Å². The molecule has 3 aromatic carbocycles. The van der Waals surface area contributed by atoms with Crippen molar-refractivity contribution in [3.63, 3.8) is 0 Å². The van der Waals surface area contributed by atoms with Gasteiger partial charge in [0, 0.05) is 18.2 Å². The number of hydrogen-bond acceptors (Lipinski definition) is 4. The zero-order valence-corrected chi connectivity index (χ0v) is 16.0. The lowest BCUT2D eigenvalue weighted by atomic mass is 10.1. The van der Waals surface area contributed by atoms with E-state index < -0.39 is 0 Å². The highest BCUT2D eigenvalue weighted by atomic mass is 32.2. The molecule has 0 aliphatic carbocycles. The highest BCUT2D eigenvalue weighted by Crippen LogP contribution is 2.24. The predicted molar refractivity (Wildman–Crippen MR) is 110 cm³/mol. The molecule has 0 saturated carbocycles. The maximum Gasteiger partial charge on any atom is 0.191 e. The highest BCUT2D eigenvalue weighted by Gasteiger charge is 2.14. The maximum atomic E-state index is 12.6. The summed E-state index contributed by atoms with van der Waals surface area (Å²) in [5.41, 5.74) is 2.95. The van der Waals surface area contributed by atoms with Crippen molar-refractivity contribution in [1.29, 1.82) is 0 Å². The molecule has 1 aromatic heterocycles. The van der Waals surface area contributed by atoms with Crippen LogP contribution in [0.25, 0.3) is 22.2 Å². The minimum absolute atomic E-state index is 0.0886. The molecule has 0 spiro atoms. The largest absolute Gasteiger partial charge is 0.305 e. The number of carbonyl (C=O) groups is 1. The molecule has 4 nitrogen and oxygen atoms in total. The second kappa shape index (κ2) is 7.37. The predicted octanol–water partition coefficient (Wildman–Crippen LogP) is 4.92. The summed E-state index contributed by atoms with van der Waals surface area (Å²) in [4.78, 5) is 12.6. The lowest BCUT2D eigenvalue weighted by Gasteiger charge is -2.05. The molecule has 0 atom stereocenters. The Balaban J connectivity index is 1.49. The van der Waals surface area contributed by atoms with Gasteiger partial charge in [-0.15, -0.1) is 10.2 Å². The summed E-state index contributed by atoms with van der Waals surface area (Å²) in [5, 5.41) is 11.5. The highest BCUT2D eigenvalue weighted by molar-refractivity contribution is 7.99. The first-order chi connectivity index (χ1) is 13.1. The van der Waals surface area contributed by atoms with E-state index in [0.29, 0.717) is 5.75 Å². The molecule has 0 bridgehead atoms. The van der Waals surface area contributed by atoms with Crippen molar-refractivity contribution in [2.75, 3.05) is 5.75 Å². The molecule has 0 radical (unpaired) electrons. The summed E-state index contributed by atoms with van der Waals surface area (Å²) >= 11 is 1.41. The second-order valence-electron chi connectivity index (χ2n) is 6.51. The van der Waals surface area contributed by atoms with Crippen molar-refractivity contribution in [1.82, 2.24) is 14.8 Å². The van der Waals surface area contributed by atoms with Gasteiger partial charge in [0.15, 0.2) is 16.8 Å². The fraction of sp³-hybridized carbons (Fsp3) is 0.136. The maximum absolute atomic E-state index is 12.6. The van der Waals surface area contributed by atoms with Gasteiger partial charge in [0.25, 0.3) is 0 Å². The molecule has 134 valence electrons. The van der Waals surface area contributed by atoms with Crippen molar-refractivity contribution in [3.8, 4) is 11.4 Å². The summed E-state index contributed by atoms with van der Waals surface area (Å²) in [6.07, 6.45) is 0. The van der Waals surface area contributed by atoms with Crippen molar-refractivity contribution in [2.24, 2.45) is 7.05 Å². The Kier molecular flexibility index (Phi) is 4.77. The quantitative estimate of drug-likeness (QED) is 0.368. The Labute approximate surface area is 162 Å². The van der Waals surface area contributed by atoms with Crippen molar-refractivity contribution in [2.45, 2.75) is 12.1 Å². The molecular formula is C22H19N3OS. The smallest absolute Gasteiger partial charge is 0.191 e. The van der Waals surface area contributed by atoms with Gasteiger partial charge in [-0.05, 0) is 23.8 Å². The monoisotopic (exact) mass is 373 g/mol. The van der Waals surface area contributed by atoms with Crippen LogP contribution in [0.1, 0.15) is 15.9 Å². The molecule has 0 saturated heterocycles. The van der Waals surface area contributed by atoms with Gasteiger partial charge in [-0.25, -0.2) is 0 Å². The molecule has 0 aliphatic rings. The first kappa shape index (κ1) is 17.5. The molecule has 27 heavy (non-hydrogen) atoms. The Morgan fingerprint density at radius 3 is 2.48 bits per heavy atom. The van der Waals surface area contributed by atoms with E-state index >= 15 is 0 Å². The minimum atomic E-state index is 0.0886. The van der Waals surface area contributed by atoms with E-state index in [1.54, 1.807) is 0 Å². The fourth-order valence-electron chi connectivity index (χ4n) is 2.97. The van der Waals surface area contributed by atoms with Crippen LogP contribution in [0.4, 0.5) is 0 Å². The van der Waals surface area contributed by atoms with Crippen LogP contribution >= 0.6 is 11.8 Å². The van der Waals surface area contributed by atoms with Gasteiger partial charge in [0.2, 0.25) is 0 Å². The molecule has 4 rings (SSSR count). The average Bonchev–Trinajstić information content (AvgIpc) is 3.07. The van der Waals surface area contributed by atoms with E-state index in [1.165, 1.54) is 17.3 Å². The number of rotatable bonds is 5. The number of nitrogens with zero attached hydrogens (tertiary/aromatic N) is 3. The van der Waals surface area contributed by atoms with E-state index in [9.17, 15) is 4.79 Å². The van der Waals surface area contributed by atoms with E-state index in [4.69, 9.17) is 0 Å². The van der Waals surface area contributed by atoms with Crippen LogP contribution in [-0.4, -0.2) is 26.3 Å². The van der Waals surface area contributed by atoms with Gasteiger partial charge in [0.05, 0.1) is 5.75 Å². The molecular weight excluding hydrogens is 354 g/mol. The van der Waals surface area contributed by atoms with Crippen LogP contribution in [0.3, 0.4) is 0 Å². The van der Waals surface area contributed by atoms with Gasteiger partial charge < -0.3 is 4.57 Å². The van der Waals surface area contributed by atoms with Crippen LogP contribution in [0.2, 0.25) is 0 Å². The van der Waals surface area contributed by atoms with E-state index in [0.717, 1.165) is 32.9 Å². The number of thioether (sulfide) groups is 1. The second-order valence-corrected chi connectivity index (χ2v) is 7.45. The number of benzene rings is 3. The van der Waals surface area contributed by atoms with Gasteiger partial charge in [-0.1, -0.05) is 78.0 Å². The number of carbonyl (C=O) groups excluding carboxylic acids is 1. The zero-order chi connectivity index (χ0) is 18.8. The number of aromatic nitrogens is 3. The third-order valence-electron chi connectivity index (χ3n) is 4.55. The number of aryl methyl sites for hydroxylation is 1. The fourth-order valence-corrected chi connectivity index (χ4v) is 3.78. The molecule has 0 aliphatic heterocycles. The summed E-state index contributed by atoms with van der Waals surface area (Å²) < 4.78 is 1.93. The third-order valence-corrected chi connectivity index (χ3v) is 5.57. The summed E-state index contributed by atoms with van der Waals surface area (Å²) in [6.45, 7) is 2.06. The SMILES string of the molecule is Cc1ccc(-c2nnc(SCC(=O)c3ccc4ccccc4c3)n2C)cc1. The molecule has 1 heterocycles. The number of Topliss-reactive ketones (excluding diaryl/α,β-unsaturated/α-hetero) is 1. The number of ketones is 1. The van der Waals surface area contributed by atoms with Gasteiger partial charge in [-0.2, -0.15) is 0 Å². The van der Waals surface area contributed by atoms with Crippen LogP contribution in [0.15, 0.2) is 71.9 Å². The van der Waals surface area contributed by atoms with Crippen molar-refractivity contribution >= 4 is 28.3 Å². The van der Waals surface area contributed by atoms with Gasteiger partial charge in [-0.3, -0.25) is 4.79 Å². The first-order valence-corrected chi connectivity index (χ1v) is 9.71. The molecule has 0 N–H and O–H groups in total. The normalized spacial score (nSPS) is 11.0. The Morgan fingerprint density at radius 1 is 0.963 bits per heavy atom. The Bertz CT molecular complexity index is 1120. The number of fused-ring (bicyclic) bond motifs is 1. The summed E-state index contributed by atoms with van der Waals surface area (Å²) in [6, 6.07) is 22.1. The topological polar surface area (TPSA) is 47.8 Å². The van der Waals surface area contributed by atoms with Crippen LogP contribution in [-0.2, 0) is 7.05 Å². The molecule has 0 amide bonds. The van der Waals surface area contributed by atoms with Crippen LogP contribution in [0, 0.1) is 6.92 Å². The molecule has 4 aromatic rings. The molecule has 0 unspecified atom stereocenters. The lowest BCUT2D eigenvalue weighted by Crippen LogP contribution is -2.04. The molecule has 5 heteroatoms. The van der Waals surface area contributed by atoms with E-state index in [-0.39, 0.29) is 5.78 Å². The third kappa shape index (κ3) is 3.64. The minimum Gasteiger partial charge on any atom is -0.305 e. The van der Waals surface area contributed by atoms with Crippen LogP contribution in [0.5, 0.6) is 0 Å². The zero-order valence-electron chi connectivity index (χ0n) is 15.2. The first-order valence-electron chi connectivity index (χ1n) is 8.73. The average molecular weight is 373 g/mol. The summed E-state index contributed by atoms with van der Waals surface area (Å²) in [5.74, 6) is 1.22. The van der Waals surface area contributed by atoms with Crippen LogP contribution < -0.4 is 0 Å². The Morgan fingerprint density at radius 2 is 1.70 bits per heavy atom. The van der Waals surface area contributed by atoms with Crippen molar-refractivity contribution < 1.29 is 4.79 Å². The summed E-state index contributed by atoms with van der Waals surface area (Å²) in [7, 11) is 1.93. The van der Waals surface area contributed by atoms with E-state index in [2.05, 4.69) is 29.3 Å². The lowest BCUT2D eigenvalue weighted by molar-refractivity contribution is 0.102. The van der Waals surface area contributed by atoms with Gasteiger partial charge in [0.1, 0.15) is 0 Å². The number of hydrogen-bond donors (Lipinski definition) is 0. The molecule has 0 fully saturated rings.